The van der Waals surface area contributed by atoms with E-state index >= 15 is 0 Å². The van der Waals surface area contributed by atoms with Crippen molar-refractivity contribution in [1.82, 2.24) is 0 Å². The number of rotatable bonds is 14. The minimum atomic E-state index is -2.12. The fourth-order valence-electron chi connectivity index (χ4n) is 17.7. The molecule has 27 heteroatoms. The summed E-state index contributed by atoms with van der Waals surface area (Å²) in [6, 6.07) is 0. The van der Waals surface area contributed by atoms with Crippen molar-refractivity contribution >= 4 is 5.97 Å². The van der Waals surface area contributed by atoms with Gasteiger partial charge in [0.05, 0.1) is 45.2 Å². The van der Waals surface area contributed by atoms with Gasteiger partial charge in [0, 0.05) is 0 Å². The molecule has 0 bridgehead atoms. The molecule has 4 saturated carbocycles. The maximum Gasteiger partial charge on any atom is 0.312 e. The van der Waals surface area contributed by atoms with Gasteiger partial charge in [-0.1, -0.05) is 60.1 Å². The number of hydrogen-bond acceptors (Lipinski definition) is 26. The molecular formula is C58H94O27. The number of aliphatic hydroxyl groups is 15. The van der Waals surface area contributed by atoms with Gasteiger partial charge >= 0.3 is 5.97 Å². The molecule has 0 aromatic carbocycles. The normalized spacial score (nSPS) is 54.2. The van der Waals surface area contributed by atoms with Gasteiger partial charge in [-0.2, -0.15) is 0 Å². The van der Waals surface area contributed by atoms with Crippen LogP contribution in [0.15, 0.2) is 11.6 Å². The summed E-state index contributed by atoms with van der Waals surface area (Å²) in [6.45, 7) is 11.9. The highest BCUT2D eigenvalue weighted by Crippen LogP contribution is 2.76. The Morgan fingerprint density at radius 3 is 1.72 bits per heavy atom. The summed E-state index contributed by atoms with van der Waals surface area (Å²) in [5, 5.41) is 175. The van der Waals surface area contributed by atoms with Crippen molar-refractivity contribution in [1.29, 1.82) is 0 Å². The van der Waals surface area contributed by atoms with E-state index in [0.717, 1.165) is 24.8 Å². The van der Waals surface area contributed by atoms with Crippen LogP contribution in [0.25, 0.3) is 0 Å². The molecule has 10 aliphatic rings. The maximum absolute atomic E-state index is 13.3. The lowest BCUT2D eigenvalue weighted by atomic mass is 9.33. The van der Waals surface area contributed by atoms with Crippen LogP contribution >= 0.6 is 0 Å². The van der Waals surface area contributed by atoms with E-state index in [-0.39, 0.29) is 34.0 Å². The van der Waals surface area contributed by atoms with Gasteiger partial charge < -0.3 is 129 Å². The average molecular weight is 1220 g/mol. The molecule has 5 aliphatic carbocycles. The number of carboxylic acids is 1. The molecule has 16 N–H and O–H groups in total. The first kappa shape index (κ1) is 66.1. The number of aliphatic hydroxyl groups excluding tert-OH is 15. The first-order chi connectivity index (χ1) is 39.8. The molecule has 1 unspecified atom stereocenters. The highest BCUT2D eigenvalue weighted by molar-refractivity contribution is 5.77. The van der Waals surface area contributed by atoms with E-state index in [4.69, 9.17) is 47.4 Å². The molecule has 10 rings (SSSR count). The Hall–Kier alpha value is -1.79. The van der Waals surface area contributed by atoms with Crippen LogP contribution in [0.3, 0.4) is 0 Å². The minimum absolute atomic E-state index is 0.0282. The van der Waals surface area contributed by atoms with Crippen molar-refractivity contribution < 1.29 is 134 Å². The molecule has 0 aromatic rings. The lowest BCUT2D eigenvalue weighted by Crippen LogP contribution is -2.68. The molecule has 0 aromatic heterocycles. The highest BCUT2D eigenvalue weighted by Gasteiger charge is 2.72. The van der Waals surface area contributed by atoms with Gasteiger partial charge in [-0.3, -0.25) is 4.79 Å². The number of ether oxygens (including phenoxy) is 10. The molecule has 5 saturated heterocycles. The van der Waals surface area contributed by atoms with Gasteiger partial charge in [0.1, 0.15) is 115 Å². The third-order valence-electron chi connectivity index (χ3n) is 22.8. The van der Waals surface area contributed by atoms with E-state index < -0.39 is 209 Å². The summed E-state index contributed by atoms with van der Waals surface area (Å²) in [4.78, 5) is 13.3. The van der Waals surface area contributed by atoms with Crippen LogP contribution in [0, 0.1) is 50.2 Å². The summed E-state index contributed by atoms with van der Waals surface area (Å²) in [7, 11) is 0. The summed E-state index contributed by atoms with van der Waals surface area (Å²) in [6.07, 6.45) is -34.7. The van der Waals surface area contributed by atoms with E-state index in [1.54, 1.807) is 0 Å². The molecule has 0 spiro atoms. The third kappa shape index (κ3) is 11.0. The van der Waals surface area contributed by atoms with Crippen molar-refractivity contribution in [2.45, 2.75) is 260 Å². The van der Waals surface area contributed by atoms with E-state index in [1.165, 1.54) is 0 Å². The number of carbonyl (C=O) groups is 1. The van der Waals surface area contributed by atoms with Gasteiger partial charge in [0.25, 0.3) is 0 Å². The van der Waals surface area contributed by atoms with Crippen molar-refractivity contribution in [3.8, 4) is 0 Å². The number of fused-ring (bicyclic) bond motifs is 7. The number of hydrogen-bond donors (Lipinski definition) is 16. The maximum atomic E-state index is 13.3. The van der Waals surface area contributed by atoms with E-state index in [1.807, 2.05) is 0 Å². The van der Waals surface area contributed by atoms with Crippen LogP contribution in [0.2, 0.25) is 0 Å². The fraction of sp³-hybridized carbons (Fsp3) is 0.948. The molecule has 32 atom stereocenters. The van der Waals surface area contributed by atoms with Crippen molar-refractivity contribution in [3.63, 3.8) is 0 Å². The van der Waals surface area contributed by atoms with Gasteiger partial charge in [-0.05, 0) is 103 Å². The van der Waals surface area contributed by atoms with E-state index in [9.17, 15) is 86.5 Å². The largest absolute Gasteiger partial charge is 0.481 e. The Labute approximate surface area is 493 Å². The predicted molar refractivity (Wildman–Crippen MR) is 285 cm³/mol. The fourth-order valence-corrected chi connectivity index (χ4v) is 17.7. The Kier molecular flexibility index (Phi) is 18.9. The first-order valence-corrected chi connectivity index (χ1v) is 30.3. The minimum Gasteiger partial charge on any atom is -0.481 e. The zero-order valence-corrected chi connectivity index (χ0v) is 49.3. The summed E-state index contributed by atoms with van der Waals surface area (Å²) in [5.41, 5.74) is -1.92. The second kappa shape index (κ2) is 24.4. The molecule has 27 nitrogen and oxygen atoms in total. The van der Waals surface area contributed by atoms with Gasteiger partial charge in [-0.25, -0.2) is 0 Å². The summed E-state index contributed by atoms with van der Waals surface area (Å²) < 4.78 is 60.2. The molecule has 85 heavy (non-hydrogen) atoms. The third-order valence-corrected chi connectivity index (χ3v) is 22.8. The molecule has 5 aliphatic heterocycles. The van der Waals surface area contributed by atoms with E-state index in [2.05, 4.69) is 54.5 Å². The average Bonchev–Trinajstić information content (AvgIpc) is 1.40. The molecule has 5 heterocycles. The molecule has 9 fully saturated rings. The van der Waals surface area contributed by atoms with Crippen LogP contribution < -0.4 is 0 Å². The number of aliphatic carboxylic acids is 1. The molecule has 0 radical (unpaired) electrons. The zero-order chi connectivity index (χ0) is 62.0. The van der Waals surface area contributed by atoms with Crippen LogP contribution in [0.5, 0.6) is 0 Å². The summed E-state index contributed by atoms with van der Waals surface area (Å²) in [5.74, 6) is -1.10. The smallest absolute Gasteiger partial charge is 0.312 e. The lowest BCUT2D eigenvalue weighted by Gasteiger charge is -2.71. The SMILES string of the molecule is CC1(C)CC[C@]2(C(=O)O)[C@H](O)C[C@]3(C)C(=CC[C@@H]4[C@@]5(C)CC[C@H](O[C@@H]6OC[C@H](O)[C@H](O[C@@H]7O[C@H](CO)[C@@H](O[C@@H]8O[C@H](CO)[C@H](O)[C@H](O[C@@H]9OC[C@@H](O)[C@H](O)[C@H]9O)[C@H]8O)[C@H](O)[C@H]7O)[C@H]6O[C@@H]6O[C@H](CO)[C@@H](O)[C@H](O)[C@H]6O)C(C)(C)C5CC[C@]43C)[C@H]2C1. The Morgan fingerprint density at radius 1 is 0.518 bits per heavy atom. The summed E-state index contributed by atoms with van der Waals surface area (Å²) >= 11 is 0. The highest BCUT2D eigenvalue weighted by atomic mass is 16.8. The molecule has 488 valence electrons. The van der Waals surface area contributed by atoms with Gasteiger partial charge in [-0.15, -0.1) is 0 Å². The van der Waals surface area contributed by atoms with Crippen LogP contribution in [0.4, 0.5) is 0 Å². The van der Waals surface area contributed by atoms with Gasteiger partial charge in [0.2, 0.25) is 0 Å². The lowest BCUT2D eigenvalue weighted by molar-refractivity contribution is -0.398. The standard InChI is InChI=1S/C58H94O27/c1-53(2)14-15-58(52(74)75)24(16-53)23-8-9-31-55(5)12-11-33(54(3,4)30(55)10-13-56(31,6)57(23,7)17-32(58)64)81-51-46(85-48-40(71)37(68)35(66)27(18-59)78-48)43(26(63)22-77-51)82-49-41(72)38(69)44(29(20-61)80-49)83-50-42(73)45(36(67)28(19-60)79-50)84-47-39(70)34(65)25(62)21-76-47/h8,24-51,59-73H,9-22H2,1-7H3,(H,74,75)/t24-,25-,26+,27-,28-,29-,30?,31-,32-,33+,34+,35-,36+,37+,38-,39-,40-,41-,42-,43+,44-,45+,46-,47+,48+,49+,50+,51+,55+,56-,57-,58-/m1/s1. The van der Waals surface area contributed by atoms with Crippen molar-refractivity contribution in [3.05, 3.63) is 11.6 Å². The Morgan fingerprint density at radius 2 is 1.07 bits per heavy atom. The topological polar surface area (TPSA) is 433 Å². The second-order valence-electron chi connectivity index (χ2n) is 28.3. The predicted octanol–water partition coefficient (Wildman–Crippen LogP) is -3.40. The second-order valence-corrected chi connectivity index (χ2v) is 28.3. The van der Waals surface area contributed by atoms with E-state index in [0.29, 0.717) is 38.5 Å². The molecular weight excluding hydrogens is 1130 g/mol. The quantitative estimate of drug-likeness (QED) is 0.0595. The zero-order valence-electron chi connectivity index (χ0n) is 49.3. The van der Waals surface area contributed by atoms with Crippen molar-refractivity contribution in [2.75, 3.05) is 33.0 Å². The Balaban J connectivity index is 0.888. The molecule has 0 amide bonds. The number of allylic oxidation sites excluding steroid dienone is 2. The van der Waals surface area contributed by atoms with Crippen LogP contribution in [0.1, 0.15) is 106 Å². The Bertz CT molecular complexity index is 2360. The first-order valence-electron chi connectivity index (χ1n) is 30.3. The van der Waals surface area contributed by atoms with Crippen LogP contribution in [-0.2, 0) is 52.2 Å². The van der Waals surface area contributed by atoms with Crippen LogP contribution in [-0.4, -0.2) is 274 Å². The monoisotopic (exact) mass is 1220 g/mol. The number of carboxylic acid groups (broad SMARTS) is 1. The van der Waals surface area contributed by atoms with Gasteiger partial charge in [0.15, 0.2) is 31.5 Å². The van der Waals surface area contributed by atoms with Crippen molar-refractivity contribution in [2.24, 2.45) is 50.2 Å².